The van der Waals surface area contributed by atoms with Crippen LogP contribution in [0.2, 0.25) is 0 Å². The third kappa shape index (κ3) is 4.76. The molecule has 2 rings (SSSR count). The number of hydrogen-bond acceptors (Lipinski definition) is 6. The number of nitrogens with zero attached hydrogens (tertiary/aromatic N) is 4. The number of hydrogen-bond donors (Lipinski definition) is 0. The molecule has 0 atom stereocenters. The molecule has 0 N–H and O–H groups in total. The summed E-state index contributed by atoms with van der Waals surface area (Å²) in [5.41, 5.74) is 0.296. The topological polar surface area (TPSA) is 97.4 Å². The second kappa shape index (κ2) is 8.76. The lowest BCUT2D eigenvalue weighted by molar-refractivity contribution is 0.0363. The summed E-state index contributed by atoms with van der Waals surface area (Å²) in [6.45, 7) is 3.88. The molecule has 1 saturated heterocycles. The van der Waals surface area contributed by atoms with Crippen molar-refractivity contribution >= 4 is 10.0 Å². The SMILES string of the molecule is N#CCCN(CCN1CCOCC1)S(=O)(=O)c1cccc(C#N)c1. The van der Waals surface area contributed by atoms with Gasteiger partial charge in [0.1, 0.15) is 0 Å². The van der Waals surface area contributed by atoms with E-state index in [4.69, 9.17) is 15.3 Å². The molecule has 0 radical (unpaired) electrons. The molecule has 0 saturated carbocycles. The summed E-state index contributed by atoms with van der Waals surface area (Å²) in [6.07, 6.45) is 0.125. The number of ether oxygens (including phenoxy) is 1. The van der Waals surface area contributed by atoms with Crippen LogP contribution in [-0.2, 0) is 14.8 Å². The van der Waals surface area contributed by atoms with Crippen molar-refractivity contribution in [3.8, 4) is 12.1 Å². The predicted molar refractivity (Wildman–Crippen MR) is 87.4 cm³/mol. The first kappa shape index (κ1) is 18.4. The van der Waals surface area contributed by atoms with Crippen molar-refractivity contribution in [1.29, 1.82) is 10.5 Å². The van der Waals surface area contributed by atoms with Gasteiger partial charge in [0.15, 0.2) is 0 Å². The van der Waals surface area contributed by atoms with Crippen LogP contribution in [-0.4, -0.2) is 63.6 Å². The molecule has 0 bridgehead atoms. The minimum atomic E-state index is -3.73. The van der Waals surface area contributed by atoms with Crippen molar-refractivity contribution in [2.75, 3.05) is 45.9 Å². The Balaban J connectivity index is 2.15. The Hall–Kier alpha value is -1.97. The van der Waals surface area contributed by atoms with Crippen molar-refractivity contribution in [3.05, 3.63) is 29.8 Å². The highest BCUT2D eigenvalue weighted by Gasteiger charge is 2.25. The maximum absolute atomic E-state index is 12.8. The van der Waals surface area contributed by atoms with Gasteiger partial charge < -0.3 is 4.74 Å². The Kier molecular flexibility index (Phi) is 6.71. The van der Waals surface area contributed by atoms with E-state index in [1.165, 1.54) is 16.4 Å². The van der Waals surface area contributed by atoms with Gasteiger partial charge in [-0.15, -0.1) is 0 Å². The maximum atomic E-state index is 12.8. The summed E-state index contributed by atoms with van der Waals surface area (Å²) in [4.78, 5) is 2.23. The molecule has 1 aromatic carbocycles. The first-order valence-corrected chi connectivity index (χ1v) is 9.19. The van der Waals surface area contributed by atoms with E-state index >= 15 is 0 Å². The van der Waals surface area contributed by atoms with Gasteiger partial charge in [-0.2, -0.15) is 14.8 Å². The second-order valence-corrected chi connectivity index (χ2v) is 7.34. The van der Waals surface area contributed by atoms with Gasteiger partial charge in [-0.3, -0.25) is 4.90 Å². The van der Waals surface area contributed by atoms with Crippen LogP contribution in [0, 0.1) is 22.7 Å². The summed E-state index contributed by atoms with van der Waals surface area (Å²) in [6, 6.07) is 9.89. The summed E-state index contributed by atoms with van der Waals surface area (Å²) in [7, 11) is -3.73. The van der Waals surface area contributed by atoms with Crippen molar-refractivity contribution in [2.24, 2.45) is 0 Å². The van der Waals surface area contributed by atoms with Crippen LogP contribution in [0.5, 0.6) is 0 Å². The molecule has 0 unspecified atom stereocenters. The summed E-state index contributed by atoms with van der Waals surface area (Å²) in [5, 5.41) is 17.8. The van der Waals surface area contributed by atoms with Crippen LogP contribution in [0.3, 0.4) is 0 Å². The van der Waals surface area contributed by atoms with Crippen LogP contribution in [0.25, 0.3) is 0 Å². The van der Waals surface area contributed by atoms with Gasteiger partial charge in [-0.25, -0.2) is 8.42 Å². The van der Waals surface area contributed by atoms with Gasteiger partial charge in [-0.05, 0) is 18.2 Å². The molecule has 128 valence electrons. The first-order chi connectivity index (χ1) is 11.6. The first-order valence-electron chi connectivity index (χ1n) is 7.75. The Bertz CT molecular complexity index is 730. The lowest BCUT2D eigenvalue weighted by Gasteiger charge is -2.29. The quantitative estimate of drug-likeness (QED) is 0.723. The van der Waals surface area contributed by atoms with Gasteiger partial charge >= 0.3 is 0 Å². The molecule has 7 nitrogen and oxygen atoms in total. The fourth-order valence-corrected chi connectivity index (χ4v) is 3.96. The normalized spacial score (nSPS) is 15.8. The van der Waals surface area contributed by atoms with E-state index in [9.17, 15) is 8.42 Å². The molecule has 8 heteroatoms. The molecule has 1 aliphatic heterocycles. The highest BCUT2D eigenvalue weighted by Crippen LogP contribution is 2.17. The van der Waals surface area contributed by atoms with E-state index in [1.807, 2.05) is 12.1 Å². The van der Waals surface area contributed by atoms with Crippen LogP contribution in [0.1, 0.15) is 12.0 Å². The van der Waals surface area contributed by atoms with Crippen LogP contribution >= 0.6 is 0 Å². The lowest BCUT2D eigenvalue weighted by Crippen LogP contribution is -2.43. The van der Waals surface area contributed by atoms with E-state index in [0.717, 1.165) is 13.1 Å². The molecule has 24 heavy (non-hydrogen) atoms. The molecule has 1 heterocycles. The Labute approximate surface area is 142 Å². The Morgan fingerprint density at radius 2 is 1.96 bits per heavy atom. The van der Waals surface area contributed by atoms with Gasteiger partial charge in [0.05, 0.1) is 35.8 Å². The number of rotatable bonds is 7. The standard InChI is InChI=1S/C16H20N4O3S/c17-5-2-6-20(8-7-19-9-11-23-12-10-19)24(21,22)16-4-1-3-15(13-16)14-18/h1,3-4,13H,2,6-12H2. The van der Waals surface area contributed by atoms with E-state index in [0.29, 0.717) is 31.9 Å². The van der Waals surface area contributed by atoms with Crippen molar-refractivity contribution < 1.29 is 13.2 Å². The summed E-state index contributed by atoms with van der Waals surface area (Å²) in [5.74, 6) is 0. The number of nitriles is 2. The molecule has 1 aliphatic rings. The van der Waals surface area contributed by atoms with Gasteiger partial charge in [0.25, 0.3) is 0 Å². The summed E-state index contributed by atoms with van der Waals surface area (Å²) >= 11 is 0. The number of sulfonamides is 1. The van der Waals surface area contributed by atoms with Crippen LogP contribution < -0.4 is 0 Å². The number of benzene rings is 1. The van der Waals surface area contributed by atoms with Crippen molar-refractivity contribution in [3.63, 3.8) is 0 Å². The highest BCUT2D eigenvalue weighted by atomic mass is 32.2. The van der Waals surface area contributed by atoms with E-state index in [1.54, 1.807) is 12.1 Å². The molecular formula is C16H20N4O3S. The Morgan fingerprint density at radius 1 is 1.21 bits per heavy atom. The van der Waals surface area contributed by atoms with Crippen LogP contribution in [0.4, 0.5) is 0 Å². The average Bonchev–Trinajstić information content (AvgIpc) is 2.62. The minimum Gasteiger partial charge on any atom is -0.379 e. The molecule has 0 aromatic heterocycles. The van der Waals surface area contributed by atoms with Gasteiger partial charge in [-0.1, -0.05) is 6.07 Å². The number of morpholine rings is 1. The van der Waals surface area contributed by atoms with Crippen molar-refractivity contribution in [2.45, 2.75) is 11.3 Å². The summed E-state index contributed by atoms with van der Waals surface area (Å²) < 4.78 is 32.3. The monoisotopic (exact) mass is 348 g/mol. The van der Waals surface area contributed by atoms with Crippen LogP contribution in [0.15, 0.2) is 29.2 Å². The smallest absolute Gasteiger partial charge is 0.243 e. The van der Waals surface area contributed by atoms with Gasteiger partial charge in [0, 0.05) is 39.1 Å². The zero-order chi connectivity index (χ0) is 17.4. The third-order valence-corrected chi connectivity index (χ3v) is 5.74. The second-order valence-electron chi connectivity index (χ2n) is 5.41. The third-order valence-electron chi connectivity index (χ3n) is 3.84. The zero-order valence-corrected chi connectivity index (χ0v) is 14.2. The van der Waals surface area contributed by atoms with E-state index in [2.05, 4.69) is 4.90 Å². The van der Waals surface area contributed by atoms with E-state index < -0.39 is 10.0 Å². The lowest BCUT2D eigenvalue weighted by atomic mass is 10.2. The highest BCUT2D eigenvalue weighted by molar-refractivity contribution is 7.89. The molecule has 1 fully saturated rings. The predicted octanol–water partition coefficient (Wildman–Crippen LogP) is 0.795. The molecule has 0 amide bonds. The molecule has 0 aliphatic carbocycles. The van der Waals surface area contributed by atoms with E-state index in [-0.39, 0.29) is 17.9 Å². The maximum Gasteiger partial charge on any atom is 0.243 e. The fraction of sp³-hybridized carbons (Fsp3) is 0.500. The fourth-order valence-electron chi connectivity index (χ4n) is 2.48. The largest absolute Gasteiger partial charge is 0.379 e. The molecule has 1 aromatic rings. The molecule has 0 spiro atoms. The zero-order valence-electron chi connectivity index (χ0n) is 13.4. The van der Waals surface area contributed by atoms with Crippen molar-refractivity contribution in [1.82, 2.24) is 9.21 Å². The Morgan fingerprint density at radius 3 is 2.62 bits per heavy atom. The average molecular weight is 348 g/mol. The molecular weight excluding hydrogens is 328 g/mol. The minimum absolute atomic E-state index is 0.0847. The van der Waals surface area contributed by atoms with Gasteiger partial charge in [0.2, 0.25) is 10.0 Å².